The number of benzene rings is 1. The van der Waals surface area contributed by atoms with Crippen molar-refractivity contribution < 1.29 is 9.18 Å². The molecule has 1 aliphatic heterocycles. The molecule has 2 rings (SSSR count). The van der Waals surface area contributed by atoms with Crippen LogP contribution in [0.4, 0.5) is 10.1 Å². The van der Waals surface area contributed by atoms with E-state index in [0.29, 0.717) is 22.6 Å². The second kappa shape index (κ2) is 7.82. The van der Waals surface area contributed by atoms with Gasteiger partial charge < -0.3 is 10.6 Å². The Morgan fingerprint density at radius 2 is 2.32 bits per heavy atom. The van der Waals surface area contributed by atoms with Crippen LogP contribution in [0.5, 0.6) is 0 Å². The lowest BCUT2D eigenvalue weighted by molar-refractivity contribution is -0.116. The van der Waals surface area contributed by atoms with Gasteiger partial charge in [0.15, 0.2) is 0 Å². The molecule has 1 heterocycles. The molecule has 1 aromatic rings. The first kappa shape index (κ1) is 16.4. The summed E-state index contributed by atoms with van der Waals surface area (Å²) in [6, 6.07) is 4.93. The van der Waals surface area contributed by atoms with E-state index < -0.39 is 0 Å². The minimum atomic E-state index is -0.330. The molecule has 1 atom stereocenters. The highest BCUT2D eigenvalue weighted by molar-refractivity contribution is 9.10. The fraction of sp³-hybridized carbons (Fsp3) is 0.462. The van der Waals surface area contributed by atoms with Gasteiger partial charge in [-0.05, 0) is 59.9 Å². The molecule has 6 heteroatoms. The number of carbonyl (C=O) groups is 1. The van der Waals surface area contributed by atoms with Gasteiger partial charge in [0.25, 0.3) is 0 Å². The number of hydrogen-bond donors (Lipinski definition) is 2. The molecule has 3 nitrogen and oxygen atoms in total. The van der Waals surface area contributed by atoms with Gasteiger partial charge in [-0.1, -0.05) is 0 Å². The predicted octanol–water partition coefficient (Wildman–Crippen LogP) is 3.48. The molecule has 2 N–H and O–H groups in total. The van der Waals surface area contributed by atoms with E-state index in [1.54, 1.807) is 12.1 Å². The Labute approximate surface area is 126 Å². The minimum absolute atomic E-state index is 0. The summed E-state index contributed by atoms with van der Waals surface area (Å²) in [5.41, 5.74) is 0.618. The Morgan fingerprint density at radius 1 is 1.53 bits per heavy atom. The van der Waals surface area contributed by atoms with E-state index >= 15 is 0 Å². The molecular weight excluding hydrogens is 335 g/mol. The maximum Gasteiger partial charge on any atom is 0.224 e. The van der Waals surface area contributed by atoms with Crippen molar-refractivity contribution in [2.45, 2.75) is 31.7 Å². The molecule has 1 saturated heterocycles. The van der Waals surface area contributed by atoms with Crippen molar-refractivity contribution in [2.24, 2.45) is 0 Å². The van der Waals surface area contributed by atoms with Crippen LogP contribution < -0.4 is 10.6 Å². The van der Waals surface area contributed by atoms with Crippen molar-refractivity contribution >= 4 is 39.9 Å². The summed E-state index contributed by atoms with van der Waals surface area (Å²) in [6.45, 7) is 1.05. The van der Waals surface area contributed by atoms with Crippen LogP contribution in [-0.2, 0) is 4.79 Å². The van der Waals surface area contributed by atoms with Crippen LogP contribution in [0.25, 0.3) is 0 Å². The Morgan fingerprint density at radius 3 is 2.95 bits per heavy atom. The number of halogens is 3. The van der Waals surface area contributed by atoms with E-state index in [-0.39, 0.29) is 24.1 Å². The van der Waals surface area contributed by atoms with Gasteiger partial charge in [-0.2, -0.15) is 0 Å². The van der Waals surface area contributed by atoms with Crippen molar-refractivity contribution in [1.29, 1.82) is 0 Å². The van der Waals surface area contributed by atoms with Gasteiger partial charge in [-0.3, -0.25) is 4.79 Å². The van der Waals surface area contributed by atoms with Crippen LogP contribution in [0.2, 0.25) is 0 Å². The van der Waals surface area contributed by atoms with E-state index in [1.165, 1.54) is 12.5 Å². The highest BCUT2D eigenvalue weighted by Crippen LogP contribution is 2.20. The van der Waals surface area contributed by atoms with Gasteiger partial charge in [0.1, 0.15) is 5.82 Å². The molecule has 0 bridgehead atoms. The standard InChI is InChI=1S/C13H16BrFN2O.ClH/c14-11-8-10(3-5-12(11)15)17-13(18)6-4-9-2-1-7-16-9;/h3,5,8-9,16H,1-2,4,6-7H2,(H,17,18);1H. The number of anilines is 1. The number of nitrogens with one attached hydrogen (secondary N) is 2. The fourth-order valence-corrected chi connectivity index (χ4v) is 2.48. The number of carbonyl (C=O) groups excluding carboxylic acids is 1. The third kappa shape index (κ3) is 5.09. The lowest BCUT2D eigenvalue weighted by Crippen LogP contribution is -2.23. The van der Waals surface area contributed by atoms with E-state index in [9.17, 15) is 9.18 Å². The Kier molecular flexibility index (Phi) is 6.75. The highest BCUT2D eigenvalue weighted by Gasteiger charge is 2.15. The zero-order valence-electron chi connectivity index (χ0n) is 10.4. The summed E-state index contributed by atoms with van der Waals surface area (Å²) in [5.74, 6) is -0.356. The number of hydrogen-bond acceptors (Lipinski definition) is 2. The molecule has 0 aromatic heterocycles. The number of amides is 1. The molecule has 106 valence electrons. The van der Waals surface area contributed by atoms with Gasteiger partial charge in [-0.15, -0.1) is 12.4 Å². The third-order valence-electron chi connectivity index (χ3n) is 3.09. The van der Waals surface area contributed by atoms with Crippen molar-refractivity contribution in [2.75, 3.05) is 11.9 Å². The molecule has 0 saturated carbocycles. The van der Waals surface area contributed by atoms with Gasteiger partial charge in [-0.25, -0.2) is 4.39 Å². The second-order valence-corrected chi connectivity index (χ2v) is 5.36. The fourth-order valence-electron chi connectivity index (χ4n) is 2.11. The molecule has 0 spiro atoms. The van der Waals surface area contributed by atoms with Crippen molar-refractivity contribution in [3.8, 4) is 0 Å². The normalized spacial score (nSPS) is 17.9. The second-order valence-electron chi connectivity index (χ2n) is 4.51. The van der Waals surface area contributed by atoms with Crippen LogP contribution in [-0.4, -0.2) is 18.5 Å². The molecule has 0 aliphatic carbocycles. The van der Waals surface area contributed by atoms with E-state index in [1.807, 2.05) is 0 Å². The Hall–Kier alpha value is -0.650. The predicted molar refractivity (Wildman–Crippen MR) is 80.2 cm³/mol. The van der Waals surface area contributed by atoms with E-state index in [0.717, 1.165) is 19.4 Å². The van der Waals surface area contributed by atoms with Crippen LogP contribution in [0.15, 0.2) is 22.7 Å². The van der Waals surface area contributed by atoms with Crippen LogP contribution >= 0.6 is 28.3 Å². The Bertz CT molecular complexity index is 439. The average Bonchev–Trinajstić information content (AvgIpc) is 2.84. The summed E-state index contributed by atoms with van der Waals surface area (Å²) in [4.78, 5) is 11.7. The molecule has 1 amide bonds. The molecular formula is C13H17BrClFN2O. The summed E-state index contributed by atoms with van der Waals surface area (Å²) in [7, 11) is 0. The van der Waals surface area contributed by atoms with Gasteiger partial charge in [0, 0.05) is 18.2 Å². The van der Waals surface area contributed by atoms with Crippen molar-refractivity contribution in [3.63, 3.8) is 0 Å². The minimum Gasteiger partial charge on any atom is -0.326 e. The van der Waals surface area contributed by atoms with Gasteiger partial charge in [0.05, 0.1) is 4.47 Å². The molecule has 1 aliphatic rings. The molecule has 19 heavy (non-hydrogen) atoms. The summed E-state index contributed by atoms with van der Waals surface area (Å²) < 4.78 is 13.4. The van der Waals surface area contributed by atoms with Crippen LogP contribution in [0, 0.1) is 5.82 Å². The lowest BCUT2D eigenvalue weighted by atomic mass is 10.1. The third-order valence-corrected chi connectivity index (χ3v) is 3.69. The van der Waals surface area contributed by atoms with E-state index in [2.05, 4.69) is 26.6 Å². The smallest absolute Gasteiger partial charge is 0.224 e. The summed E-state index contributed by atoms with van der Waals surface area (Å²) in [5, 5.41) is 6.13. The maximum absolute atomic E-state index is 13.0. The SMILES string of the molecule is Cl.O=C(CCC1CCCN1)Nc1ccc(F)c(Br)c1. The van der Waals surface area contributed by atoms with Crippen LogP contribution in [0.1, 0.15) is 25.7 Å². The molecule has 1 fully saturated rings. The topological polar surface area (TPSA) is 41.1 Å². The Balaban J connectivity index is 0.00000180. The largest absolute Gasteiger partial charge is 0.326 e. The monoisotopic (exact) mass is 350 g/mol. The lowest BCUT2D eigenvalue weighted by Gasteiger charge is -2.10. The average molecular weight is 352 g/mol. The summed E-state index contributed by atoms with van der Waals surface area (Å²) in [6.07, 6.45) is 3.69. The first-order chi connectivity index (χ1) is 8.65. The highest BCUT2D eigenvalue weighted by atomic mass is 79.9. The zero-order chi connectivity index (χ0) is 13.0. The molecule has 1 unspecified atom stereocenters. The first-order valence-corrected chi connectivity index (χ1v) is 6.93. The van der Waals surface area contributed by atoms with Crippen molar-refractivity contribution in [3.05, 3.63) is 28.5 Å². The quantitative estimate of drug-likeness (QED) is 0.872. The first-order valence-electron chi connectivity index (χ1n) is 6.13. The zero-order valence-corrected chi connectivity index (χ0v) is 12.8. The van der Waals surface area contributed by atoms with E-state index in [4.69, 9.17) is 0 Å². The van der Waals surface area contributed by atoms with Crippen LogP contribution in [0.3, 0.4) is 0 Å². The summed E-state index contributed by atoms with van der Waals surface area (Å²) >= 11 is 3.09. The molecule has 1 aromatic carbocycles. The number of rotatable bonds is 4. The van der Waals surface area contributed by atoms with Gasteiger partial charge in [0.2, 0.25) is 5.91 Å². The maximum atomic E-state index is 13.0. The molecule has 0 radical (unpaired) electrons. The van der Waals surface area contributed by atoms with Crippen molar-refractivity contribution in [1.82, 2.24) is 5.32 Å². The van der Waals surface area contributed by atoms with Gasteiger partial charge >= 0.3 is 0 Å².